The minimum atomic E-state index is -0.837. The predicted octanol–water partition coefficient (Wildman–Crippen LogP) is 6.26. The van der Waals surface area contributed by atoms with Crippen LogP contribution in [0.25, 0.3) is 17.2 Å². The van der Waals surface area contributed by atoms with E-state index in [2.05, 4.69) is 29.6 Å². The predicted molar refractivity (Wildman–Crippen MR) is 160 cm³/mol. The third-order valence-corrected chi connectivity index (χ3v) is 8.27. The number of benzene rings is 3. The highest BCUT2D eigenvalue weighted by atomic mass is 16.7. The van der Waals surface area contributed by atoms with E-state index in [0.29, 0.717) is 6.42 Å². The average molecular weight is 553 g/mol. The van der Waals surface area contributed by atoms with Gasteiger partial charge in [0.05, 0.1) is 11.2 Å². The second-order valence-corrected chi connectivity index (χ2v) is 11.6. The SMILES string of the molecule is CC1(C)OB(C(=Cc2cccc(CCC(=O)O)c2)CNC(=O)OCC2c3ccccc3-c3ccccc32)OC1(C)C. The summed E-state index contributed by atoms with van der Waals surface area (Å²) in [7, 11) is -0.670. The summed E-state index contributed by atoms with van der Waals surface area (Å²) in [5.74, 6) is -0.865. The lowest BCUT2D eigenvalue weighted by atomic mass is 9.77. The van der Waals surface area contributed by atoms with Crippen LogP contribution in [0.4, 0.5) is 4.79 Å². The topological polar surface area (TPSA) is 94.1 Å². The van der Waals surface area contributed by atoms with Crippen molar-refractivity contribution in [3.05, 3.63) is 101 Å². The summed E-state index contributed by atoms with van der Waals surface area (Å²) in [4.78, 5) is 24.0. The highest BCUT2D eigenvalue weighted by molar-refractivity contribution is 6.56. The summed E-state index contributed by atoms with van der Waals surface area (Å²) in [6.45, 7) is 8.31. The Morgan fingerprint density at radius 3 is 2.15 bits per heavy atom. The van der Waals surface area contributed by atoms with Gasteiger partial charge in [0.15, 0.2) is 0 Å². The van der Waals surface area contributed by atoms with Crippen molar-refractivity contribution < 1.29 is 28.7 Å². The van der Waals surface area contributed by atoms with Crippen molar-refractivity contribution >= 4 is 25.3 Å². The largest absolute Gasteiger partial charge is 0.492 e. The number of rotatable bonds is 9. The maximum Gasteiger partial charge on any atom is 0.492 e. The van der Waals surface area contributed by atoms with Crippen LogP contribution < -0.4 is 5.32 Å². The molecule has 2 aliphatic rings. The van der Waals surface area contributed by atoms with Crippen molar-refractivity contribution in [2.24, 2.45) is 0 Å². The molecule has 0 bridgehead atoms. The van der Waals surface area contributed by atoms with Crippen LogP contribution in [-0.4, -0.2) is 48.6 Å². The molecule has 7 nitrogen and oxygen atoms in total. The van der Waals surface area contributed by atoms with E-state index < -0.39 is 30.4 Å². The van der Waals surface area contributed by atoms with Gasteiger partial charge in [-0.2, -0.15) is 0 Å². The lowest BCUT2D eigenvalue weighted by Crippen LogP contribution is -2.41. The van der Waals surface area contributed by atoms with Gasteiger partial charge in [-0.25, -0.2) is 4.79 Å². The van der Waals surface area contributed by atoms with E-state index in [0.717, 1.165) is 27.7 Å². The molecule has 1 heterocycles. The fourth-order valence-electron chi connectivity index (χ4n) is 5.32. The molecule has 1 saturated heterocycles. The van der Waals surface area contributed by atoms with Crippen LogP contribution >= 0.6 is 0 Å². The number of carbonyl (C=O) groups is 2. The van der Waals surface area contributed by atoms with Gasteiger partial charge in [-0.15, -0.1) is 0 Å². The van der Waals surface area contributed by atoms with E-state index in [1.807, 2.05) is 82.3 Å². The molecule has 0 radical (unpaired) electrons. The normalized spacial score (nSPS) is 17.2. The number of aryl methyl sites for hydroxylation is 1. The van der Waals surface area contributed by atoms with Crippen molar-refractivity contribution in [1.82, 2.24) is 5.32 Å². The van der Waals surface area contributed by atoms with E-state index in [4.69, 9.17) is 19.2 Å². The number of carboxylic acid groups (broad SMARTS) is 1. The standard InChI is InChI=1S/C33H36BNO6/c1-32(2)33(3,4)41-34(40-32)24(19-23-11-9-10-22(18-23)16-17-30(36)37)20-35-31(38)39-21-29-27-14-7-5-12-25(27)26-13-6-8-15-28(26)29/h5-15,18-19,29H,16-17,20-21H2,1-4H3,(H,35,38)(H,36,37). The Labute approximate surface area is 241 Å². The van der Waals surface area contributed by atoms with Crippen LogP contribution in [0, 0.1) is 0 Å². The molecule has 0 aromatic heterocycles. The molecule has 8 heteroatoms. The number of nitrogens with one attached hydrogen (secondary N) is 1. The van der Waals surface area contributed by atoms with Gasteiger partial charge in [0, 0.05) is 18.9 Å². The van der Waals surface area contributed by atoms with Gasteiger partial charge in [0.25, 0.3) is 0 Å². The Hall–Kier alpha value is -3.88. The summed E-state index contributed by atoms with van der Waals surface area (Å²) in [6.07, 6.45) is 1.89. The van der Waals surface area contributed by atoms with Gasteiger partial charge in [0.1, 0.15) is 6.61 Å². The highest BCUT2D eigenvalue weighted by Crippen LogP contribution is 2.44. The van der Waals surface area contributed by atoms with E-state index in [1.165, 1.54) is 11.1 Å². The average Bonchev–Trinajstić information content (AvgIpc) is 3.37. The Kier molecular flexibility index (Phi) is 8.07. The lowest BCUT2D eigenvalue weighted by molar-refractivity contribution is -0.136. The molecule has 3 aromatic rings. The fraction of sp³-hybridized carbons (Fsp3) is 0.333. The Morgan fingerprint density at radius 1 is 0.927 bits per heavy atom. The molecule has 2 N–H and O–H groups in total. The van der Waals surface area contributed by atoms with Crippen LogP contribution in [0.1, 0.15) is 62.3 Å². The number of ether oxygens (including phenoxy) is 1. The molecular formula is C33H36BNO6. The van der Waals surface area contributed by atoms with Gasteiger partial charge < -0.3 is 24.5 Å². The van der Waals surface area contributed by atoms with Gasteiger partial charge in [0.2, 0.25) is 0 Å². The summed E-state index contributed by atoms with van der Waals surface area (Å²) >= 11 is 0. The first-order chi connectivity index (χ1) is 19.5. The summed E-state index contributed by atoms with van der Waals surface area (Å²) < 4.78 is 18.3. The number of amides is 1. The Bertz CT molecular complexity index is 1420. The number of fused-ring (bicyclic) bond motifs is 3. The number of alkyl carbamates (subject to hydrolysis) is 1. The molecule has 41 heavy (non-hydrogen) atoms. The van der Waals surface area contributed by atoms with Gasteiger partial charge in [-0.3, -0.25) is 4.79 Å². The zero-order valence-corrected chi connectivity index (χ0v) is 24.0. The molecular weight excluding hydrogens is 517 g/mol. The zero-order valence-electron chi connectivity index (χ0n) is 24.0. The first kappa shape index (κ1) is 28.6. The van der Waals surface area contributed by atoms with E-state index >= 15 is 0 Å². The molecule has 3 aromatic carbocycles. The van der Waals surface area contributed by atoms with Gasteiger partial charge in [-0.05, 0) is 73.0 Å². The molecule has 1 aliphatic carbocycles. The number of carboxylic acids is 1. The minimum Gasteiger partial charge on any atom is -0.481 e. The van der Waals surface area contributed by atoms with Crippen LogP contribution in [0.2, 0.25) is 0 Å². The maximum atomic E-state index is 13.0. The van der Waals surface area contributed by atoms with Crippen molar-refractivity contribution in [3.63, 3.8) is 0 Å². The monoisotopic (exact) mass is 553 g/mol. The number of hydrogen-bond donors (Lipinski definition) is 2. The number of aliphatic carboxylic acids is 1. The molecule has 0 spiro atoms. The molecule has 1 fully saturated rings. The second-order valence-electron chi connectivity index (χ2n) is 11.6. The van der Waals surface area contributed by atoms with E-state index in [1.54, 1.807) is 0 Å². The fourth-order valence-corrected chi connectivity index (χ4v) is 5.32. The first-order valence-corrected chi connectivity index (χ1v) is 14.0. The number of carbonyl (C=O) groups excluding carboxylic acids is 1. The molecule has 5 rings (SSSR count). The maximum absolute atomic E-state index is 13.0. The molecule has 0 saturated carbocycles. The molecule has 1 aliphatic heterocycles. The Balaban J connectivity index is 1.30. The Morgan fingerprint density at radius 2 is 1.54 bits per heavy atom. The summed E-state index contributed by atoms with van der Waals surface area (Å²) in [6, 6.07) is 24.1. The van der Waals surface area contributed by atoms with Crippen molar-refractivity contribution in [2.75, 3.05) is 13.2 Å². The minimum absolute atomic E-state index is 0.0280. The van der Waals surface area contributed by atoms with Gasteiger partial charge in [-0.1, -0.05) is 78.9 Å². The zero-order chi connectivity index (χ0) is 29.2. The van der Waals surface area contributed by atoms with Crippen molar-refractivity contribution in [1.29, 1.82) is 0 Å². The molecule has 1 amide bonds. The van der Waals surface area contributed by atoms with Crippen LogP contribution in [-0.2, 0) is 25.3 Å². The third-order valence-electron chi connectivity index (χ3n) is 8.27. The quantitative estimate of drug-likeness (QED) is 0.304. The third kappa shape index (κ3) is 6.24. The molecule has 212 valence electrons. The highest BCUT2D eigenvalue weighted by Gasteiger charge is 2.52. The second kappa shape index (κ2) is 11.5. The lowest BCUT2D eigenvalue weighted by Gasteiger charge is -2.32. The summed E-state index contributed by atoms with van der Waals surface area (Å²) in [5, 5.41) is 12.0. The van der Waals surface area contributed by atoms with Crippen LogP contribution in [0.5, 0.6) is 0 Å². The molecule has 0 unspecified atom stereocenters. The van der Waals surface area contributed by atoms with Crippen LogP contribution in [0.3, 0.4) is 0 Å². The van der Waals surface area contributed by atoms with Crippen molar-refractivity contribution in [2.45, 2.75) is 57.7 Å². The van der Waals surface area contributed by atoms with Crippen LogP contribution in [0.15, 0.2) is 78.3 Å². The van der Waals surface area contributed by atoms with Gasteiger partial charge >= 0.3 is 19.2 Å². The number of hydrogen-bond acceptors (Lipinski definition) is 5. The van der Waals surface area contributed by atoms with Crippen molar-refractivity contribution in [3.8, 4) is 11.1 Å². The first-order valence-electron chi connectivity index (χ1n) is 14.0. The molecule has 0 atom stereocenters. The van der Waals surface area contributed by atoms with E-state index in [-0.39, 0.29) is 25.5 Å². The smallest absolute Gasteiger partial charge is 0.481 e. The van der Waals surface area contributed by atoms with E-state index in [9.17, 15) is 9.59 Å². The summed E-state index contributed by atoms with van der Waals surface area (Å²) in [5.41, 5.74) is 6.07.